The maximum Gasteiger partial charge on any atom is 0.363 e. The zero-order valence-electron chi connectivity index (χ0n) is 9.28. The van der Waals surface area contributed by atoms with E-state index in [1.807, 2.05) is 0 Å². The smallest absolute Gasteiger partial charge is 0.363 e. The van der Waals surface area contributed by atoms with E-state index in [1.54, 1.807) is 6.07 Å². The number of hydrogen-bond donors (Lipinski definition) is 1. The van der Waals surface area contributed by atoms with Crippen LogP contribution >= 0.6 is 0 Å². The van der Waals surface area contributed by atoms with Crippen LogP contribution in [-0.2, 0) is 4.74 Å². The van der Waals surface area contributed by atoms with Gasteiger partial charge in [0.15, 0.2) is 6.20 Å². The second-order valence-electron chi connectivity index (χ2n) is 3.81. The van der Waals surface area contributed by atoms with Gasteiger partial charge in [-0.3, -0.25) is 0 Å². The van der Waals surface area contributed by atoms with Crippen molar-refractivity contribution >= 4 is 11.5 Å². The van der Waals surface area contributed by atoms with Gasteiger partial charge in [0.2, 0.25) is 0 Å². The summed E-state index contributed by atoms with van der Waals surface area (Å²) >= 11 is 0. The van der Waals surface area contributed by atoms with Gasteiger partial charge in [-0.15, -0.1) is 0 Å². The van der Waals surface area contributed by atoms with Crippen molar-refractivity contribution in [3.63, 3.8) is 0 Å². The first-order valence-electron chi connectivity index (χ1n) is 5.38. The molecule has 1 fully saturated rings. The third kappa shape index (κ3) is 2.69. The van der Waals surface area contributed by atoms with E-state index in [-0.39, 0.29) is 11.9 Å². The molecule has 1 atom stereocenters. The molecule has 0 radical (unpaired) electrons. The van der Waals surface area contributed by atoms with Crippen LogP contribution in [0.3, 0.4) is 0 Å². The van der Waals surface area contributed by atoms with Crippen LogP contribution in [0.2, 0.25) is 0 Å². The zero-order chi connectivity index (χ0) is 12.3. The van der Waals surface area contributed by atoms with Crippen molar-refractivity contribution in [1.82, 2.24) is 4.98 Å². The topological polar surface area (TPSA) is 94.5 Å². The van der Waals surface area contributed by atoms with Gasteiger partial charge < -0.3 is 25.5 Å². The summed E-state index contributed by atoms with van der Waals surface area (Å²) in [6, 6.07) is 3.10. The molecule has 1 aliphatic rings. The summed E-state index contributed by atoms with van der Waals surface area (Å²) in [7, 11) is 0. The van der Waals surface area contributed by atoms with Crippen LogP contribution in [0, 0.1) is 10.1 Å². The summed E-state index contributed by atoms with van der Waals surface area (Å²) in [4.78, 5) is 15.8. The highest BCUT2D eigenvalue weighted by Crippen LogP contribution is 2.18. The Labute approximate surface area is 98.3 Å². The average Bonchev–Trinajstić information content (AvgIpc) is 2.39. The number of pyridine rings is 1. The van der Waals surface area contributed by atoms with Crippen molar-refractivity contribution in [2.24, 2.45) is 5.73 Å². The predicted molar refractivity (Wildman–Crippen MR) is 61.9 cm³/mol. The summed E-state index contributed by atoms with van der Waals surface area (Å²) < 4.78 is 5.45. The molecule has 1 unspecified atom stereocenters. The van der Waals surface area contributed by atoms with Gasteiger partial charge in [-0.25, -0.2) is 0 Å². The van der Waals surface area contributed by atoms with Crippen LogP contribution in [0.1, 0.15) is 0 Å². The van der Waals surface area contributed by atoms with Crippen molar-refractivity contribution < 1.29 is 9.66 Å². The second kappa shape index (κ2) is 5.07. The van der Waals surface area contributed by atoms with E-state index in [0.717, 1.165) is 12.2 Å². The molecule has 7 heteroatoms. The number of nitrogens with zero attached hydrogens (tertiary/aromatic N) is 3. The maximum absolute atomic E-state index is 10.5. The predicted octanol–water partition coefficient (Wildman–Crippen LogP) is 0.154. The molecule has 0 amide bonds. The number of rotatable bonds is 3. The number of nitrogens with two attached hydrogens (primary N) is 1. The van der Waals surface area contributed by atoms with E-state index in [0.29, 0.717) is 19.7 Å². The van der Waals surface area contributed by atoms with Gasteiger partial charge in [-0.1, -0.05) is 0 Å². The number of nitro groups is 1. The summed E-state index contributed by atoms with van der Waals surface area (Å²) in [5, 5.41) is 10.5. The van der Waals surface area contributed by atoms with E-state index < -0.39 is 4.92 Å². The quantitative estimate of drug-likeness (QED) is 0.595. The second-order valence-corrected chi connectivity index (χ2v) is 3.81. The lowest BCUT2D eigenvalue weighted by atomic mass is 10.2. The molecule has 1 aromatic rings. The Morgan fingerprint density at radius 1 is 1.65 bits per heavy atom. The summed E-state index contributed by atoms with van der Waals surface area (Å²) in [5.74, 6) is -0.141. The molecule has 0 spiro atoms. The maximum atomic E-state index is 10.5. The Hall–Kier alpha value is -1.73. The molecule has 2 rings (SSSR count). The third-order valence-corrected chi connectivity index (χ3v) is 2.69. The minimum atomic E-state index is -0.508. The SMILES string of the molecule is NCC1CN(c2ccc([N+](=O)[O-])nc2)CCO1. The van der Waals surface area contributed by atoms with E-state index in [9.17, 15) is 10.1 Å². The molecule has 92 valence electrons. The van der Waals surface area contributed by atoms with E-state index in [1.165, 1.54) is 12.3 Å². The Morgan fingerprint density at radius 2 is 2.47 bits per heavy atom. The molecular formula is C10H14N4O3. The largest absolute Gasteiger partial charge is 0.373 e. The molecular weight excluding hydrogens is 224 g/mol. The standard InChI is InChI=1S/C10H14N4O3/c11-5-9-7-13(3-4-17-9)8-1-2-10(12-6-8)14(15)16/h1-2,6,9H,3-5,7,11H2. The fourth-order valence-corrected chi connectivity index (χ4v) is 1.77. The monoisotopic (exact) mass is 238 g/mol. The Kier molecular flexibility index (Phi) is 3.50. The van der Waals surface area contributed by atoms with Crippen LogP contribution in [0.4, 0.5) is 11.5 Å². The highest BCUT2D eigenvalue weighted by molar-refractivity contribution is 5.46. The Morgan fingerprint density at radius 3 is 3.06 bits per heavy atom. The summed E-state index contributed by atoms with van der Waals surface area (Å²) in [5.41, 5.74) is 6.41. The van der Waals surface area contributed by atoms with Crippen LogP contribution in [-0.4, -0.2) is 42.3 Å². The number of aromatic nitrogens is 1. The van der Waals surface area contributed by atoms with Crippen molar-refractivity contribution in [3.8, 4) is 0 Å². The zero-order valence-corrected chi connectivity index (χ0v) is 9.28. The van der Waals surface area contributed by atoms with Crippen molar-refractivity contribution in [3.05, 3.63) is 28.4 Å². The van der Waals surface area contributed by atoms with E-state index >= 15 is 0 Å². The molecule has 1 saturated heterocycles. The normalized spacial score (nSPS) is 20.3. The van der Waals surface area contributed by atoms with Gasteiger partial charge in [0, 0.05) is 25.7 Å². The van der Waals surface area contributed by atoms with E-state index in [2.05, 4.69) is 9.88 Å². The third-order valence-electron chi connectivity index (χ3n) is 2.69. The first kappa shape index (κ1) is 11.7. The molecule has 7 nitrogen and oxygen atoms in total. The Bertz CT molecular complexity index is 395. The summed E-state index contributed by atoms with van der Waals surface area (Å²) in [6.45, 7) is 2.52. The van der Waals surface area contributed by atoms with Crippen LogP contribution in [0.15, 0.2) is 18.3 Å². The lowest BCUT2D eigenvalue weighted by Crippen LogP contribution is -2.45. The highest BCUT2D eigenvalue weighted by atomic mass is 16.6. The molecule has 0 bridgehead atoms. The Balaban J connectivity index is 2.08. The summed E-state index contributed by atoms with van der Waals surface area (Å²) in [6.07, 6.45) is 1.52. The molecule has 0 aliphatic carbocycles. The van der Waals surface area contributed by atoms with Crippen molar-refractivity contribution in [2.75, 3.05) is 31.1 Å². The molecule has 0 aromatic carbocycles. The van der Waals surface area contributed by atoms with Gasteiger partial charge in [0.1, 0.15) is 0 Å². The number of ether oxygens (including phenoxy) is 1. The molecule has 1 aliphatic heterocycles. The minimum Gasteiger partial charge on any atom is -0.373 e. The van der Waals surface area contributed by atoms with Gasteiger partial charge in [-0.2, -0.15) is 0 Å². The van der Waals surface area contributed by atoms with Crippen molar-refractivity contribution in [2.45, 2.75) is 6.10 Å². The fraction of sp³-hybridized carbons (Fsp3) is 0.500. The molecule has 2 heterocycles. The molecule has 0 saturated carbocycles. The van der Waals surface area contributed by atoms with E-state index in [4.69, 9.17) is 10.5 Å². The first-order chi connectivity index (χ1) is 8.20. The minimum absolute atomic E-state index is 0.0129. The van der Waals surface area contributed by atoms with Gasteiger partial charge >= 0.3 is 5.82 Å². The molecule has 17 heavy (non-hydrogen) atoms. The lowest BCUT2D eigenvalue weighted by Gasteiger charge is -2.33. The highest BCUT2D eigenvalue weighted by Gasteiger charge is 2.20. The molecule has 1 aromatic heterocycles. The van der Waals surface area contributed by atoms with Gasteiger partial charge in [0.05, 0.1) is 18.4 Å². The number of morpholine rings is 1. The van der Waals surface area contributed by atoms with Gasteiger partial charge in [0.25, 0.3) is 0 Å². The average molecular weight is 238 g/mol. The number of hydrogen-bond acceptors (Lipinski definition) is 6. The van der Waals surface area contributed by atoms with Gasteiger partial charge in [-0.05, 0) is 16.0 Å². The number of anilines is 1. The first-order valence-corrected chi connectivity index (χ1v) is 5.38. The van der Waals surface area contributed by atoms with Crippen LogP contribution in [0.25, 0.3) is 0 Å². The van der Waals surface area contributed by atoms with Crippen molar-refractivity contribution in [1.29, 1.82) is 0 Å². The lowest BCUT2D eigenvalue weighted by molar-refractivity contribution is -0.389. The fourth-order valence-electron chi connectivity index (χ4n) is 1.77. The molecule has 2 N–H and O–H groups in total. The van der Waals surface area contributed by atoms with Crippen LogP contribution in [0.5, 0.6) is 0 Å². The van der Waals surface area contributed by atoms with Crippen LogP contribution < -0.4 is 10.6 Å².